The molecule has 1 aromatic heterocycles. The van der Waals surface area contributed by atoms with E-state index in [0.29, 0.717) is 16.7 Å². The summed E-state index contributed by atoms with van der Waals surface area (Å²) in [5.74, 6) is -1.18. The van der Waals surface area contributed by atoms with Gasteiger partial charge in [-0.2, -0.15) is 22.7 Å². The highest BCUT2D eigenvalue weighted by atomic mass is 32.2. The van der Waals surface area contributed by atoms with E-state index in [1.165, 1.54) is 18.2 Å². The maximum absolute atomic E-state index is 14.3. The van der Waals surface area contributed by atoms with Gasteiger partial charge in [-0.25, -0.2) is 17.2 Å². The molecule has 2 heterocycles. The number of rotatable bonds is 7. The molecule has 0 aliphatic carbocycles. The maximum atomic E-state index is 14.3. The predicted octanol–water partition coefficient (Wildman–Crippen LogP) is 5.08. The molecule has 198 valence electrons. The molecule has 2 aromatic carbocycles. The summed E-state index contributed by atoms with van der Waals surface area (Å²) >= 11 is 0. The highest BCUT2D eigenvalue weighted by Gasteiger charge is 2.43. The highest BCUT2D eigenvalue weighted by Crippen LogP contribution is 2.31. The maximum Gasteiger partial charge on any atom is 0.433 e. The van der Waals surface area contributed by atoms with E-state index in [2.05, 4.69) is 4.98 Å². The lowest BCUT2D eigenvalue weighted by Crippen LogP contribution is -2.40. The zero-order chi connectivity index (χ0) is 27.7. The van der Waals surface area contributed by atoms with Crippen molar-refractivity contribution in [2.75, 3.05) is 6.54 Å². The Bertz CT molecular complexity index is 1480. The Labute approximate surface area is 215 Å². The molecule has 4 rings (SSSR count). The quantitative estimate of drug-likeness (QED) is 0.384. The summed E-state index contributed by atoms with van der Waals surface area (Å²) in [6.07, 6.45) is -5.54. The Morgan fingerprint density at radius 1 is 1.08 bits per heavy atom. The number of benzene rings is 2. The first kappa shape index (κ1) is 27.3. The van der Waals surface area contributed by atoms with Crippen molar-refractivity contribution >= 4 is 15.8 Å². The van der Waals surface area contributed by atoms with Crippen molar-refractivity contribution in [3.63, 3.8) is 0 Å². The Kier molecular flexibility index (Phi) is 7.62. The lowest BCUT2D eigenvalue weighted by molar-refractivity contribution is -0.141. The first-order valence-electron chi connectivity index (χ1n) is 11.4. The van der Waals surface area contributed by atoms with Crippen LogP contribution in [0.1, 0.15) is 29.7 Å². The number of alkyl halides is 4. The SMILES string of the molecule is N#Cc1cc(CCC(=O)[C@@H]2C[C@@H](F)CN2S(=O)(=O)c2ccc(F)cc2)cc(-c2ccc(C(F)(F)F)nc2)c1. The molecule has 6 nitrogen and oxygen atoms in total. The summed E-state index contributed by atoms with van der Waals surface area (Å²) in [5, 5.41) is 9.39. The summed E-state index contributed by atoms with van der Waals surface area (Å²) in [7, 11) is -4.26. The number of nitriles is 1. The Morgan fingerprint density at radius 3 is 2.39 bits per heavy atom. The number of hydrogen-bond acceptors (Lipinski definition) is 5. The van der Waals surface area contributed by atoms with Crippen molar-refractivity contribution in [3.8, 4) is 17.2 Å². The van der Waals surface area contributed by atoms with Gasteiger partial charge >= 0.3 is 6.18 Å². The normalized spacial score (nSPS) is 18.3. The average Bonchev–Trinajstić information content (AvgIpc) is 3.29. The van der Waals surface area contributed by atoms with Gasteiger partial charge in [-0.3, -0.25) is 9.78 Å². The van der Waals surface area contributed by atoms with E-state index in [1.54, 1.807) is 6.07 Å². The topological polar surface area (TPSA) is 91.1 Å². The third kappa shape index (κ3) is 5.89. The number of carbonyl (C=O) groups is 1. The predicted molar refractivity (Wildman–Crippen MR) is 126 cm³/mol. The van der Waals surface area contributed by atoms with Gasteiger partial charge in [0.05, 0.1) is 22.6 Å². The van der Waals surface area contributed by atoms with Crippen LogP contribution in [0.3, 0.4) is 0 Å². The monoisotopic (exact) mass is 549 g/mol. The highest BCUT2D eigenvalue weighted by molar-refractivity contribution is 7.89. The van der Waals surface area contributed by atoms with Crippen LogP contribution in [0.25, 0.3) is 11.1 Å². The van der Waals surface area contributed by atoms with Gasteiger partial charge in [0.2, 0.25) is 10.0 Å². The van der Waals surface area contributed by atoms with Crippen molar-refractivity contribution in [3.05, 3.63) is 83.4 Å². The molecule has 1 fully saturated rings. The van der Waals surface area contributed by atoms with Gasteiger partial charge in [-0.05, 0) is 60.0 Å². The second-order valence-corrected chi connectivity index (χ2v) is 10.7. The summed E-state index contributed by atoms with van der Waals surface area (Å²) in [4.78, 5) is 16.2. The van der Waals surface area contributed by atoms with E-state index in [4.69, 9.17) is 0 Å². The fourth-order valence-corrected chi connectivity index (χ4v) is 5.94. The number of Topliss-reactive ketones (excluding diaryl/α,β-unsaturated/α-hetero) is 1. The van der Waals surface area contributed by atoms with Crippen LogP contribution in [0, 0.1) is 17.1 Å². The van der Waals surface area contributed by atoms with Crippen LogP contribution in [0.4, 0.5) is 22.0 Å². The number of halogens is 5. The molecule has 0 bridgehead atoms. The first-order chi connectivity index (χ1) is 17.9. The van der Waals surface area contributed by atoms with Crippen molar-refractivity contribution in [1.82, 2.24) is 9.29 Å². The number of hydrogen-bond donors (Lipinski definition) is 0. The van der Waals surface area contributed by atoms with Crippen LogP contribution in [-0.2, 0) is 27.4 Å². The second-order valence-electron chi connectivity index (χ2n) is 8.80. The molecular weight excluding hydrogens is 529 g/mol. The van der Waals surface area contributed by atoms with Gasteiger partial charge in [-0.15, -0.1) is 0 Å². The molecular formula is C26H20F5N3O3S. The van der Waals surface area contributed by atoms with Crippen LogP contribution < -0.4 is 0 Å². The second kappa shape index (κ2) is 10.6. The van der Waals surface area contributed by atoms with E-state index in [1.807, 2.05) is 6.07 Å². The average molecular weight is 550 g/mol. The number of carbonyl (C=O) groups excluding carboxylic acids is 1. The van der Waals surface area contributed by atoms with E-state index < -0.39 is 52.3 Å². The standard InChI is InChI=1S/C26H20F5N3O3S/c27-20-3-5-22(6-4-20)38(36,37)34-15-21(28)12-23(34)24(35)7-1-16-9-17(13-32)11-19(10-16)18-2-8-25(33-14-18)26(29,30)31/h2-6,8-11,14,21,23H,1,7,12,15H2/t21-,23+/m1/s1. The van der Waals surface area contributed by atoms with Crippen LogP contribution in [0.5, 0.6) is 0 Å². The van der Waals surface area contributed by atoms with Crippen molar-refractivity contribution in [1.29, 1.82) is 5.26 Å². The van der Waals surface area contributed by atoms with E-state index >= 15 is 0 Å². The number of ketones is 1. The molecule has 3 aromatic rings. The fraction of sp³-hybridized carbons (Fsp3) is 0.269. The van der Waals surface area contributed by atoms with Crippen molar-refractivity contribution in [2.45, 2.75) is 42.5 Å². The molecule has 12 heteroatoms. The van der Waals surface area contributed by atoms with Gasteiger partial charge < -0.3 is 0 Å². The number of aromatic nitrogens is 1. The number of sulfonamides is 1. The molecule has 2 atom stereocenters. The fourth-order valence-electron chi connectivity index (χ4n) is 4.29. The number of pyridine rings is 1. The summed E-state index contributed by atoms with van der Waals surface area (Å²) in [6, 6.07) is 11.3. The molecule has 0 amide bonds. The van der Waals surface area contributed by atoms with Crippen LogP contribution in [-0.4, -0.2) is 42.2 Å². The zero-order valence-corrected chi connectivity index (χ0v) is 20.4. The van der Waals surface area contributed by atoms with Gasteiger partial charge in [0, 0.05) is 31.1 Å². The Balaban J connectivity index is 1.53. The molecule has 0 unspecified atom stereocenters. The number of nitrogens with zero attached hydrogens (tertiary/aromatic N) is 3. The van der Waals surface area contributed by atoms with Crippen LogP contribution in [0.2, 0.25) is 0 Å². The van der Waals surface area contributed by atoms with Gasteiger partial charge in [-0.1, -0.05) is 12.1 Å². The molecule has 0 radical (unpaired) electrons. The third-order valence-corrected chi connectivity index (χ3v) is 8.05. The van der Waals surface area contributed by atoms with Crippen molar-refractivity contribution in [2.24, 2.45) is 0 Å². The summed E-state index contributed by atoms with van der Waals surface area (Å²) in [5.41, 5.74) is 0.393. The zero-order valence-electron chi connectivity index (χ0n) is 19.6. The minimum atomic E-state index is -4.60. The molecule has 0 N–H and O–H groups in total. The smallest absolute Gasteiger partial charge is 0.298 e. The van der Waals surface area contributed by atoms with Gasteiger partial charge in [0.1, 0.15) is 17.7 Å². The lowest BCUT2D eigenvalue weighted by atomic mass is 9.96. The van der Waals surface area contributed by atoms with E-state index in [0.717, 1.165) is 40.8 Å². The van der Waals surface area contributed by atoms with Gasteiger partial charge in [0.25, 0.3) is 0 Å². The minimum Gasteiger partial charge on any atom is -0.298 e. The van der Waals surface area contributed by atoms with Gasteiger partial charge in [0.15, 0.2) is 5.78 Å². The Hall–Kier alpha value is -3.69. The lowest BCUT2D eigenvalue weighted by Gasteiger charge is -2.23. The van der Waals surface area contributed by atoms with Crippen LogP contribution >= 0.6 is 0 Å². The molecule has 38 heavy (non-hydrogen) atoms. The molecule has 1 aliphatic heterocycles. The largest absolute Gasteiger partial charge is 0.433 e. The minimum absolute atomic E-state index is 0.0767. The third-order valence-electron chi connectivity index (χ3n) is 6.17. The summed E-state index contributed by atoms with van der Waals surface area (Å²) < 4.78 is 92.8. The first-order valence-corrected chi connectivity index (χ1v) is 12.8. The van der Waals surface area contributed by atoms with E-state index in [9.17, 15) is 40.4 Å². The summed E-state index contributed by atoms with van der Waals surface area (Å²) in [6.45, 7) is -0.509. The van der Waals surface area contributed by atoms with E-state index in [-0.39, 0.29) is 29.7 Å². The molecule has 0 saturated carbocycles. The molecule has 0 spiro atoms. The molecule has 1 saturated heterocycles. The Morgan fingerprint density at radius 2 is 1.79 bits per heavy atom. The molecule has 1 aliphatic rings. The number of aryl methyl sites for hydroxylation is 1. The van der Waals surface area contributed by atoms with Crippen LogP contribution in [0.15, 0.2) is 65.7 Å². The van der Waals surface area contributed by atoms with Crippen molar-refractivity contribution < 1.29 is 35.2 Å².